The highest BCUT2D eigenvalue weighted by atomic mass is 16.5. The Morgan fingerprint density at radius 1 is 1.50 bits per heavy atom. The number of hydrogen-bond donors (Lipinski definition) is 1. The summed E-state index contributed by atoms with van der Waals surface area (Å²) < 4.78 is 6.68. The molecule has 0 atom stereocenters. The van der Waals surface area contributed by atoms with Crippen LogP contribution in [0.5, 0.6) is 5.75 Å². The Morgan fingerprint density at radius 3 is 2.89 bits per heavy atom. The third-order valence-electron chi connectivity index (χ3n) is 2.65. The van der Waals surface area contributed by atoms with Crippen LogP contribution in [0.1, 0.15) is 17.3 Å². The number of benzene rings is 1. The van der Waals surface area contributed by atoms with Crippen molar-refractivity contribution in [3.8, 4) is 17.0 Å². The van der Waals surface area contributed by atoms with Crippen LogP contribution < -0.4 is 4.74 Å². The second-order valence-electron chi connectivity index (χ2n) is 3.65. The Kier molecular flexibility index (Phi) is 3.27. The van der Waals surface area contributed by atoms with Crippen molar-refractivity contribution in [3.63, 3.8) is 0 Å². The molecular formula is C12H13N3O3. The van der Waals surface area contributed by atoms with Crippen LogP contribution in [0.15, 0.2) is 24.4 Å². The van der Waals surface area contributed by atoms with Gasteiger partial charge in [-0.1, -0.05) is 5.21 Å². The molecule has 0 amide bonds. The minimum absolute atomic E-state index is 0.173. The molecule has 94 valence electrons. The summed E-state index contributed by atoms with van der Waals surface area (Å²) >= 11 is 0. The first-order valence-electron chi connectivity index (χ1n) is 5.47. The van der Waals surface area contributed by atoms with Gasteiger partial charge in [-0.2, -0.15) is 0 Å². The molecule has 0 unspecified atom stereocenters. The highest BCUT2D eigenvalue weighted by molar-refractivity contribution is 5.96. The molecule has 6 heteroatoms. The van der Waals surface area contributed by atoms with Crippen LogP contribution in [0.3, 0.4) is 0 Å². The van der Waals surface area contributed by atoms with Crippen molar-refractivity contribution >= 4 is 5.97 Å². The van der Waals surface area contributed by atoms with Crippen molar-refractivity contribution in [3.05, 3.63) is 30.0 Å². The lowest BCUT2D eigenvalue weighted by Crippen LogP contribution is -2.05. The lowest BCUT2D eigenvalue weighted by molar-refractivity contribution is 0.0697. The van der Waals surface area contributed by atoms with E-state index < -0.39 is 5.97 Å². The van der Waals surface area contributed by atoms with Gasteiger partial charge in [0.2, 0.25) is 0 Å². The summed E-state index contributed by atoms with van der Waals surface area (Å²) in [4.78, 5) is 11.3. The monoisotopic (exact) mass is 247 g/mol. The van der Waals surface area contributed by atoms with Crippen LogP contribution in [0.25, 0.3) is 11.3 Å². The zero-order valence-corrected chi connectivity index (χ0v) is 10.1. The first-order chi connectivity index (χ1) is 8.67. The predicted molar refractivity (Wildman–Crippen MR) is 64.6 cm³/mol. The molecule has 0 saturated carbocycles. The summed E-state index contributed by atoms with van der Waals surface area (Å²) in [5.41, 5.74) is 1.43. The summed E-state index contributed by atoms with van der Waals surface area (Å²) in [5, 5.41) is 16.9. The highest BCUT2D eigenvalue weighted by Gasteiger charge is 2.16. The van der Waals surface area contributed by atoms with Crippen LogP contribution in [-0.4, -0.2) is 33.2 Å². The van der Waals surface area contributed by atoms with Crippen LogP contribution >= 0.6 is 0 Å². The second-order valence-corrected chi connectivity index (χ2v) is 3.65. The lowest BCUT2D eigenvalue weighted by Gasteiger charge is -2.09. The van der Waals surface area contributed by atoms with Gasteiger partial charge in [-0.05, 0) is 25.1 Å². The van der Waals surface area contributed by atoms with Crippen molar-refractivity contribution in [1.29, 1.82) is 0 Å². The SMILES string of the molecule is CCn1nncc1-c1ccc(OC)cc1C(=O)O. The molecule has 2 aromatic rings. The number of aromatic carboxylic acids is 1. The zero-order chi connectivity index (χ0) is 13.1. The van der Waals surface area contributed by atoms with Crippen molar-refractivity contribution in [2.45, 2.75) is 13.5 Å². The lowest BCUT2D eigenvalue weighted by atomic mass is 10.0. The second kappa shape index (κ2) is 4.87. The number of methoxy groups -OCH3 is 1. The molecule has 0 aliphatic carbocycles. The number of ether oxygens (including phenoxy) is 1. The summed E-state index contributed by atoms with van der Waals surface area (Å²) in [6.07, 6.45) is 1.55. The predicted octanol–water partition coefficient (Wildman–Crippen LogP) is 1.67. The van der Waals surface area contributed by atoms with Gasteiger partial charge in [-0.25, -0.2) is 9.48 Å². The first kappa shape index (κ1) is 12.1. The average molecular weight is 247 g/mol. The Hall–Kier alpha value is -2.37. The number of carboxylic acids is 1. The van der Waals surface area contributed by atoms with E-state index in [0.717, 1.165) is 0 Å². The van der Waals surface area contributed by atoms with Gasteiger partial charge in [0.05, 0.1) is 24.6 Å². The Morgan fingerprint density at radius 2 is 2.28 bits per heavy atom. The third kappa shape index (κ3) is 2.04. The van der Waals surface area contributed by atoms with Gasteiger partial charge in [-0.15, -0.1) is 5.10 Å². The molecule has 0 bridgehead atoms. The van der Waals surface area contributed by atoms with E-state index in [2.05, 4.69) is 10.3 Å². The minimum atomic E-state index is -1.01. The molecule has 0 saturated heterocycles. The average Bonchev–Trinajstić information content (AvgIpc) is 2.86. The maximum absolute atomic E-state index is 11.3. The van der Waals surface area contributed by atoms with E-state index in [1.807, 2.05) is 6.92 Å². The molecule has 1 N–H and O–H groups in total. The first-order valence-corrected chi connectivity index (χ1v) is 5.47. The van der Waals surface area contributed by atoms with Gasteiger partial charge in [0, 0.05) is 12.1 Å². The van der Waals surface area contributed by atoms with Crippen LogP contribution in [0.4, 0.5) is 0 Å². The van der Waals surface area contributed by atoms with Gasteiger partial charge >= 0.3 is 5.97 Å². The van der Waals surface area contributed by atoms with Crippen molar-refractivity contribution in [2.24, 2.45) is 0 Å². The van der Waals surface area contributed by atoms with Gasteiger partial charge in [0.1, 0.15) is 5.75 Å². The quantitative estimate of drug-likeness (QED) is 0.889. The largest absolute Gasteiger partial charge is 0.497 e. The topological polar surface area (TPSA) is 77.2 Å². The molecule has 18 heavy (non-hydrogen) atoms. The Balaban J connectivity index is 2.60. The number of nitrogens with zero attached hydrogens (tertiary/aromatic N) is 3. The highest BCUT2D eigenvalue weighted by Crippen LogP contribution is 2.26. The van der Waals surface area contributed by atoms with E-state index in [4.69, 9.17) is 4.74 Å². The standard InChI is InChI=1S/C12H13N3O3/c1-3-15-11(7-13-14-15)9-5-4-8(18-2)6-10(9)12(16)17/h4-7H,3H2,1-2H3,(H,16,17). The maximum atomic E-state index is 11.3. The molecule has 6 nitrogen and oxygen atoms in total. The Labute approximate surface area is 104 Å². The molecule has 1 heterocycles. The van der Waals surface area contributed by atoms with Crippen LogP contribution in [0.2, 0.25) is 0 Å². The van der Waals surface area contributed by atoms with Crippen molar-refractivity contribution < 1.29 is 14.6 Å². The number of aryl methyl sites for hydroxylation is 1. The van der Waals surface area contributed by atoms with E-state index in [9.17, 15) is 9.90 Å². The fourth-order valence-corrected chi connectivity index (χ4v) is 1.75. The van der Waals surface area contributed by atoms with Crippen molar-refractivity contribution in [2.75, 3.05) is 7.11 Å². The van der Waals surface area contributed by atoms with Gasteiger partial charge < -0.3 is 9.84 Å². The van der Waals surface area contributed by atoms with Crippen LogP contribution in [0, 0.1) is 0 Å². The minimum Gasteiger partial charge on any atom is -0.497 e. The molecule has 1 aromatic carbocycles. The molecule has 0 radical (unpaired) electrons. The summed E-state index contributed by atoms with van der Waals surface area (Å²) in [6.45, 7) is 2.54. The molecule has 0 spiro atoms. The summed E-state index contributed by atoms with van der Waals surface area (Å²) in [7, 11) is 1.50. The molecule has 0 aliphatic heterocycles. The number of carboxylic acid groups (broad SMARTS) is 1. The fraction of sp³-hybridized carbons (Fsp3) is 0.250. The van der Waals surface area contributed by atoms with Gasteiger partial charge in [-0.3, -0.25) is 0 Å². The number of aromatic nitrogens is 3. The van der Waals surface area contributed by atoms with E-state index in [-0.39, 0.29) is 5.56 Å². The number of rotatable bonds is 4. The van der Waals surface area contributed by atoms with Gasteiger partial charge in [0.15, 0.2) is 0 Å². The molecule has 1 aromatic heterocycles. The molecule has 2 rings (SSSR count). The maximum Gasteiger partial charge on any atom is 0.336 e. The fourth-order valence-electron chi connectivity index (χ4n) is 1.75. The van der Waals surface area contributed by atoms with E-state index in [0.29, 0.717) is 23.6 Å². The smallest absolute Gasteiger partial charge is 0.336 e. The number of hydrogen-bond acceptors (Lipinski definition) is 4. The summed E-state index contributed by atoms with van der Waals surface area (Å²) in [5.74, 6) is -0.501. The van der Waals surface area contributed by atoms with Crippen LogP contribution in [-0.2, 0) is 6.54 Å². The molecule has 0 aliphatic rings. The van der Waals surface area contributed by atoms with E-state index in [1.165, 1.54) is 13.2 Å². The zero-order valence-electron chi connectivity index (χ0n) is 10.1. The third-order valence-corrected chi connectivity index (χ3v) is 2.65. The summed E-state index contributed by atoms with van der Waals surface area (Å²) in [6, 6.07) is 4.91. The normalized spacial score (nSPS) is 10.3. The Bertz CT molecular complexity index is 578. The van der Waals surface area contributed by atoms with E-state index in [1.54, 1.807) is 23.0 Å². The molecular weight excluding hydrogens is 234 g/mol. The van der Waals surface area contributed by atoms with E-state index >= 15 is 0 Å². The number of carbonyl (C=O) groups is 1. The van der Waals surface area contributed by atoms with Crippen molar-refractivity contribution in [1.82, 2.24) is 15.0 Å². The van der Waals surface area contributed by atoms with Gasteiger partial charge in [0.25, 0.3) is 0 Å². The molecule has 0 fully saturated rings.